The predicted octanol–water partition coefficient (Wildman–Crippen LogP) is 4.04. The van der Waals surface area contributed by atoms with Crippen LogP contribution in [0.2, 0.25) is 0 Å². The number of nitrogens with one attached hydrogen (secondary N) is 3. The number of carbonyl (C=O) groups excluding carboxylic acids is 4. The molecule has 50 heavy (non-hydrogen) atoms. The predicted molar refractivity (Wildman–Crippen MR) is 198 cm³/mol. The van der Waals surface area contributed by atoms with Crippen LogP contribution in [0.25, 0.3) is 0 Å². The van der Waals surface area contributed by atoms with Crippen LogP contribution in [-0.4, -0.2) is 111 Å². The Labute approximate surface area is 302 Å². The number of likely N-dealkylation sites (tertiary alicyclic amines) is 1. The van der Waals surface area contributed by atoms with Gasteiger partial charge in [-0.05, 0) is 56.6 Å². The van der Waals surface area contributed by atoms with Crippen molar-refractivity contribution in [3.05, 3.63) is 35.9 Å². The number of carbonyl (C=O) groups is 4. The molecule has 0 spiro atoms. The van der Waals surface area contributed by atoms with Crippen molar-refractivity contribution in [3.8, 4) is 0 Å². The minimum absolute atomic E-state index is 0.00799. The van der Waals surface area contributed by atoms with Crippen molar-refractivity contribution in [2.45, 2.75) is 130 Å². The summed E-state index contributed by atoms with van der Waals surface area (Å²) in [4.78, 5) is 58.3. The molecule has 0 aromatic heterocycles. The zero-order valence-electron chi connectivity index (χ0n) is 32.8. The summed E-state index contributed by atoms with van der Waals surface area (Å²) in [5.41, 5.74) is 1.15. The highest BCUT2D eigenvalue weighted by Crippen LogP contribution is 2.29. The van der Waals surface area contributed by atoms with E-state index in [1.807, 2.05) is 76.8 Å². The maximum absolute atomic E-state index is 14.1. The van der Waals surface area contributed by atoms with E-state index in [4.69, 9.17) is 9.47 Å². The Morgan fingerprint density at radius 2 is 1.52 bits per heavy atom. The van der Waals surface area contributed by atoms with E-state index in [1.165, 1.54) is 0 Å². The first-order valence-corrected chi connectivity index (χ1v) is 18.6. The van der Waals surface area contributed by atoms with Crippen LogP contribution in [0.3, 0.4) is 0 Å². The van der Waals surface area contributed by atoms with E-state index in [-0.39, 0.29) is 59.9 Å². The summed E-state index contributed by atoms with van der Waals surface area (Å²) in [7, 11) is 6.67. The Balaban J connectivity index is 2.22. The van der Waals surface area contributed by atoms with E-state index in [1.54, 1.807) is 33.2 Å². The topological polar surface area (TPSA) is 129 Å². The second kappa shape index (κ2) is 20.7. The molecule has 1 saturated heterocycles. The Bertz CT molecular complexity index is 1210. The van der Waals surface area contributed by atoms with Crippen LogP contribution in [0.5, 0.6) is 0 Å². The molecule has 0 saturated carbocycles. The highest BCUT2D eigenvalue weighted by molar-refractivity contribution is 5.90. The minimum Gasteiger partial charge on any atom is -0.379 e. The van der Waals surface area contributed by atoms with Gasteiger partial charge in [-0.3, -0.25) is 19.2 Å². The second-order valence-electron chi connectivity index (χ2n) is 14.9. The van der Waals surface area contributed by atoms with Crippen molar-refractivity contribution >= 4 is 23.6 Å². The summed E-state index contributed by atoms with van der Waals surface area (Å²) >= 11 is 0. The molecule has 4 amide bonds. The number of ether oxygens (including phenoxy) is 2. The van der Waals surface area contributed by atoms with Gasteiger partial charge in [0.05, 0.1) is 42.7 Å². The van der Waals surface area contributed by atoms with Gasteiger partial charge >= 0.3 is 0 Å². The molecule has 11 nitrogen and oxygen atoms in total. The van der Waals surface area contributed by atoms with Crippen molar-refractivity contribution in [1.82, 2.24) is 25.8 Å². The molecule has 284 valence electrons. The number of nitrogens with zero attached hydrogens (tertiary/aromatic N) is 2. The van der Waals surface area contributed by atoms with E-state index in [2.05, 4.69) is 29.8 Å². The summed E-state index contributed by atoms with van der Waals surface area (Å²) in [6.07, 6.45) is 2.01. The summed E-state index contributed by atoms with van der Waals surface area (Å²) in [6, 6.07) is 8.14. The lowest BCUT2D eigenvalue weighted by Gasteiger charge is -2.41. The zero-order chi connectivity index (χ0) is 37.7. The summed E-state index contributed by atoms with van der Waals surface area (Å²) < 4.78 is 12.0. The molecular formula is C39H67N5O6. The van der Waals surface area contributed by atoms with Gasteiger partial charge in [0.1, 0.15) is 6.04 Å². The number of hydrogen-bond acceptors (Lipinski definition) is 7. The molecule has 0 aliphatic carbocycles. The average Bonchev–Trinajstić information content (AvgIpc) is 3.56. The first kappa shape index (κ1) is 43.1. The zero-order valence-corrected chi connectivity index (χ0v) is 32.8. The Morgan fingerprint density at radius 3 is 2.04 bits per heavy atom. The molecule has 0 radical (unpaired) electrons. The van der Waals surface area contributed by atoms with Gasteiger partial charge in [-0.25, -0.2) is 0 Å². The molecule has 1 fully saturated rings. The van der Waals surface area contributed by atoms with Crippen molar-refractivity contribution < 1.29 is 28.7 Å². The Morgan fingerprint density at radius 1 is 0.900 bits per heavy atom. The van der Waals surface area contributed by atoms with E-state index in [0.717, 1.165) is 31.2 Å². The van der Waals surface area contributed by atoms with Crippen LogP contribution < -0.4 is 16.0 Å². The van der Waals surface area contributed by atoms with Gasteiger partial charge in [0.15, 0.2) is 0 Å². The smallest absolute Gasteiger partial charge is 0.245 e. The van der Waals surface area contributed by atoms with Crippen LogP contribution >= 0.6 is 0 Å². The van der Waals surface area contributed by atoms with E-state index in [9.17, 15) is 19.2 Å². The van der Waals surface area contributed by atoms with E-state index in [0.29, 0.717) is 6.54 Å². The quantitative estimate of drug-likeness (QED) is 0.187. The van der Waals surface area contributed by atoms with Crippen molar-refractivity contribution in [1.29, 1.82) is 0 Å². The monoisotopic (exact) mass is 702 g/mol. The fourth-order valence-electron chi connectivity index (χ4n) is 7.44. The number of methoxy groups -OCH3 is 2. The Kier molecular flexibility index (Phi) is 17.9. The van der Waals surface area contributed by atoms with Crippen LogP contribution in [0, 0.1) is 23.7 Å². The second-order valence-corrected chi connectivity index (χ2v) is 14.9. The lowest BCUT2D eigenvalue weighted by atomic mass is 9.89. The van der Waals surface area contributed by atoms with E-state index < -0.39 is 36.3 Å². The molecule has 1 heterocycles. The third-order valence-electron chi connectivity index (χ3n) is 10.5. The normalized spacial score (nSPS) is 19.6. The first-order chi connectivity index (χ1) is 23.6. The number of benzene rings is 1. The molecule has 1 aromatic rings. The molecule has 3 N–H and O–H groups in total. The van der Waals surface area contributed by atoms with Crippen LogP contribution in [0.4, 0.5) is 0 Å². The maximum atomic E-state index is 14.1. The molecule has 9 atom stereocenters. The number of amides is 4. The van der Waals surface area contributed by atoms with Crippen LogP contribution in [0.15, 0.2) is 30.3 Å². The van der Waals surface area contributed by atoms with Crippen LogP contribution in [0.1, 0.15) is 86.6 Å². The third-order valence-corrected chi connectivity index (χ3v) is 10.5. The minimum atomic E-state index is -0.740. The molecule has 6 unspecified atom stereocenters. The summed E-state index contributed by atoms with van der Waals surface area (Å²) in [6.45, 7) is 16.3. The van der Waals surface area contributed by atoms with Gasteiger partial charge in [-0.15, -0.1) is 0 Å². The average molecular weight is 702 g/mol. The molecular weight excluding hydrogens is 634 g/mol. The highest BCUT2D eigenvalue weighted by Gasteiger charge is 2.43. The molecule has 1 aliphatic heterocycles. The Hall–Kier alpha value is -3.02. The summed E-state index contributed by atoms with van der Waals surface area (Å²) in [5, 5.41) is 9.19. The fourth-order valence-corrected chi connectivity index (χ4v) is 7.44. The van der Waals surface area contributed by atoms with Gasteiger partial charge in [0.25, 0.3) is 0 Å². The summed E-state index contributed by atoms with van der Waals surface area (Å²) in [5.74, 6) is -1.22. The number of hydrogen-bond donors (Lipinski definition) is 3. The van der Waals surface area contributed by atoms with Crippen molar-refractivity contribution in [2.24, 2.45) is 23.7 Å². The highest BCUT2D eigenvalue weighted by atomic mass is 16.5. The SMILES string of the molecule is CCC(C)C(C(CC(=O)N1CCCC1C(OC)[C@@H](C)C(=O)N[C@H](C)Cc1ccccc1)OC)N(C)C(=O)[C@@H](NC(=O)C(NC)C(C)C)C(C)C. The van der Waals surface area contributed by atoms with Crippen LogP contribution in [-0.2, 0) is 35.1 Å². The molecule has 11 heteroatoms. The van der Waals surface area contributed by atoms with Crippen molar-refractivity contribution in [2.75, 3.05) is 34.9 Å². The van der Waals surface area contributed by atoms with Crippen molar-refractivity contribution in [3.63, 3.8) is 0 Å². The van der Waals surface area contributed by atoms with Gasteiger partial charge in [-0.1, -0.05) is 85.2 Å². The molecule has 1 aliphatic rings. The molecule has 0 bridgehead atoms. The van der Waals surface area contributed by atoms with E-state index >= 15 is 0 Å². The first-order valence-electron chi connectivity index (χ1n) is 18.6. The standard InChI is InChI=1S/C39H67N5O6/c1-13-26(6)35(43(10)39(48)34(25(4)5)42-38(47)33(40-9)24(2)3)31(49-11)23-32(45)44-21-17-20-30(44)36(50-12)28(8)37(46)41-27(7)22-29-18-15-14-16-19-29/h14-16,18-19,24-28,30-31,33-36,40H,13,17,20-23H2,1-12H3,(H,41,46)(H,42,47)/t26?,27-,28-,30?,31?,33?,34+,35?,36?/m1/s1. The van der Waals surface area contributed by atoms with Gasteiger partial charge in [0.2, 0.25) is 23.6 Å². The third kappa shape index (κ3) is 11.5. The van der Waals surface area contributed by atoms with Gasteiger partial charge in [-0.2, -0.15) is 0 Å². The lowest BCUT2D eigenvalue weighted by molar-refractivity contribution is -0.147. The molecule has 2 rings (SSSR count). The largest absolute Gasteiger partial charge is 0.379 e. The number of rotatable bonds is 20. The lowest BCUT2D eigenvalue weighted by Crippen LogP contribution is -2.59. The molecule has 1 aromatic carbocycles. The van der Waals surface area contributed by atoms with Gasteiger partial charge < -0.3 is 35.2 Å². The number of likely N-dealkylation sites (N-methyl/N-ethyl adjacent to an activating group) is 2. The maximum Gasteiger partial charge on any atom is 0.245 e. The van der Waals surface area contributed by atoms with Gasteiger partial charge in [0, 0.05) is 33.9 Å². The fraction of sp³-hybridized carbons (Fsp3) is 0.744.